The zero-order valence-electron chi connectivity index (χ0n) is 15.4. The van der Waals surface area contributed by atoms with Crippen LogP contribution in [0.25, 0.3) is 10.6 Å². The average molecular weight is 386 g/mol. The van der Waals surface area contributed by atoms with E-state index >= 15 is 0 Å². The number of nitrogens with one attached hydrogen (secondary N) is 1. The van der Waals surface area contributed by atoms with Gasteiger partial charge in [0.2, 0.25) is 0 Å². The lowest BCUT2D eigenvalue weighted by atomic mass is 10.2. The second-order valence-electron chi connectivity index (χ2n) is 5.92. The number of thiazole rings is 1. The number of hydrogen-bond donors (Lipinski definition) is 1. The third-order valence-corrected chi connectivity index (χ3v) is 5.29. The molecule has 1 heterocycles. The van der Waals surface area contributed by atoms with Crippen LogP contribution >= 0.6 is 11.3 Å². The van der Waals surface area contributed by atoms with Gasteiger partial charge in [-0.25, -0.2) is 9.37 Å². The molecule has 0 saturated carbocycles. The van der Waals surface area contributed by atoms with Crippen molar-refractivity contribution in [3.8, 4) is 22.1 Å². The van der Waals surface area contributed by atoms with Crippen molar-refractivity contribution in [3.05, 3.63) is 58.3 Å². The number of aryl methyl sites for hydroxylation is 2. The summed E-state index contributed by atoms with van der Waals surface area (Å²) in [6.07, 6.45) is 0. The standard InChI is InChI=1S/C20H19FN2O3S/c1-11-5-7-14(21)10-15(11)23-19(24)18-12(2)22-20(27-18)13-6-8-16(25-3)17(9-13)26-4/h5-10H,1-4H3,(H,23,24). The van der Waals surface area contributed by atoms with Crippen LogP contribution in [0.1, 0.15) is 20.9 Å². The Hall–Kier alpha value is -2.93. The van der Waals surface area contributed by atoms with E-state index in [2.05, 4.69) is 10.3 Å². The first kappa shape index (κ1) is 18.8. The van der Waals surface area contributed by atoms with Crippen LogP contribution in [-0.2, 0) is 0 Å². The van der Waals surface area contributed by atoms with Gasteiger partial charge in [-0.05, 0) is 49.7 Å². The maximum atomic E-state index is 13.5. The molecule has 0 fully saturated rings. The fourth-order valence-corrected chi connectivity index (χ4v) is 3.57. The minimum atomic E-state index is -0.400. The van der Waals surface area contributed by atoms with E-state index in [1.54, 1.807) is 33.3 Å². The quantitative estimate of drug-likeness (QED) is 0.682. The molecule has 0 atom stereocenters. The van der Waals surface area contributed by atoms with Crippen LogP contribution in [0.4, 0.5) is 10.1 Å². The molecule has 0 unspecified atom stereocenters. The van der Waals surface area contributed by atoms with Gasteiger partial charge in [0, 0.05) is 11.3 Å². The van der Waals surface area contributed by atoms with Gasteiger partial charge < -0.3 is 14.8 Å². The molecule has 3 rings (SSSR count). The molecule has 1 N–H and O–H groups in total. The van der Waals surface area contributed by atoms with Gasteiger partial charge in [0.25, 0.3) is 5.91 Å². The Kier molecular flexibility index (Phi) is 5.41. The Bertz CT molecular complexity index is 1000. The number of aromatic nitrogens is 1. The average Bonchev–Trinajstić information content (AvgIpc) is 3.06. The first-order chi connectivity index (χ1) is 12.9. The van der Waals surface area contributed by atoms with Gasteiger partial charge in [-0.3, -0.25) is 4.79 Å². The van der Waals surface area contributed by atoms with Crippen molar-refractivity contribution in [1.29, 1.82) is 0 Å². The summed E-state index contributed by atoms with van der Waals surface area (Å²) < 4.78 is 24.0. The highest BCUT2D eigenvalue weighted by Gasteiger charge is 2.18. The molecule has 0 aliphatic heterocycles. The lowest BCUT2D eigenvalue weighted by Crippen LogP contribution is -2.12. The smallest absolute Gasteiger partial charge is 0.267 e. The summed E-state index contributed by atoms with van der Waals surface area (Å²) in [5.74, 6) is 0.492. The number of carbonyl (C=O) groups is 1. The van der Waals surface area contributed by atoms with Crippen LogP contribution in [0.15, 0.2) is 36.4 Å². The molecule has 3 aromatic rings. The number of halogens is 1. The molecule has 5 nitrogen and oxygen atoms in total. The predicted octanol–water partition coefficient (Wildman–Crippen LogP) is 4.84. The largest absolute Gasteiger partial charge is 0.493 e. The summed E-state index contributed by atoms with van der Waals surface area (Å²) in [7, 11) is 3.14. The maximum Gasteiger partial charge on any atom is 0.267 e. The van der Waals surface area contributed by atoms with Gasteiger partial charge in [0.05, 0.1) is 19.9 Å². The Labute approximate surface area is 160 Å². The summed E-state index contributed by atoms with van der Waals surface area (Å²) in [6, 6.07) is 9.75. The van der Waals surface area contributed by atoms with Crippen LogP contribution in [0.3, 0.4) is 0 Å². The molecule has 27 heavy (non-hydrogen) atoms. The number of nitrogens with zero attached hydrogens (tertiary/aromatic N) is 1. The first-order valence-electron chi connectivity index (χ1n) is 8.20. The number of carbonyl (C=O) groups excluding carboxylic acids is 1. The molecule has 140 valence electrons. The van der Waals surface area contributed by atoms with Gasteiger partial charge in [0.15, 0.2) is 11.5 Å². The van der Waals surface area contributed by atoms with E-state index in [1.165, 1.54) is 23.5 Å². The van der Waals surface area contributed by atoms with Crippen LogP contribution in [-0.4, -0.2) is 25.1 Å². The second kappa shape index (κ2) is 7.75. The maximum absolute atomic E-state index is 13.5. The van der Waals surface area contributed by atoms with Crippen LogP contribution in [0, 0.1) is 19.7 Å². The molecule has 0 bridgehead atoms. The highest BCUT2D eigenvalue weighted by molar-refractivity contribution is 7.17. The molecular formula is C20H19FN2O3S. The molecule has 0 aliphatic rings. The van der Waals surface area contributed by atoms with Crippen molar-refractivity contribution in [2.75, 3.05) is 19.5 Å². The molecule has 7 heteroatoms. The molecule has 1 amide bonds. The zero-order chi connectivity index (χ0) is 19.6. The zero-order valence-corrected chi connectivity index (χ0v) is 16.2. The Morgan fingerprint density at radius 1 is 1.07 bits per heavy atom. The number of anilines is 1. The van der Waals surface area contributed by atoms with Crippen LogP contribution < -0.4 is 14.8 Å². The van der Waals surface area contributed by atoms with E-state index in [9.17, 15) is 9.18 Å². The van der Waals surface area contributed by atoms with Crippen molar-refractivity contribution in [1.82, 2.24) is 4.98 Å². The monoisotopic (exact) mass is 386 g/mol. The highest BCUT2D eigenvalue weighted by Crippen LogP contribution is 2.35. The SMILES string of the molecule is COc1ccc(-c2nc(C)c(C(=O)Nc3cc(F)ccc3C)s2)cc1OC. The van der Waals surface area contributed by atoms with Gasteiger partial charge >= 0.3 is 0 Å². The lowest BCUT2D eigenvalue weighted by Gasteiger charge is -2.08. The van der Waals surface area contributed by atoms with Gasteiger partial charge in [0.1, 0.15) is 15.7 Å². The second-order valence-corrected chi connectivity index (χ2v) is 6.92. The van der Waals surface area contributed by atoms with E-state index < -0.39 is 5.82 Å². The number of amides is 1. The number of benzene rings is 2. The Balaban J connectivity index is 1.90. The van der Waals surface area contributed by atoms with E-state index in [1.807, 2.05) is 19.1 Å². The van der Waals surface area contributed by atoms with E-state index in [4.69, 9.17) is 9.47 Å². The fourth-order valence-electron chi connectivity index (χ4n) is 2.61. The summed E-state index contributed by atoms with van der Waals surface area (Å²) in [4.78, 5) is 17.6. The fraction of sp³-hybridized carbons (Fsp3) is 0.200. The third kappa shape index (κ3) is 3.93. The van der Waals surface area contributed by atoms with Gasteiger partial charge in [-0.15, -0.1) is 11.3 Å². The number of rotatable bonds is 5. The minimum Gasteiger partial charge on any atom is -0.493 e. The van der Waals surface area contributed by atoms with Crippen molar-refractivity contribution < 1.29 is 18.7 Å². The van der Waals surface area contributed by atoms with Crippen molar-refractivity contribution in [2.45, 2.75) is 13.8 Å². The van der Waals surface area contributed by atoms with Crippen LogP contribution in [0.5, 0.6) is 11.5 Å². The molecular weight excluding hydrogens is 367 g/mol. The van der Waals surface area contributed by atoms with Gasteiger partial charge in [-0.1, -0.05) is 6.07 Å². The summed E-state index contributed by atoms with van der Waals surface area (Å²) in [5.41, 5.74) is 2.66. The van der Waals surface area contributed by atoms with E-state index in [0.717, 1.165) is 11.1 Å². The Morgan fingerprint density at radius 3 is 2.52 bits per heavy atom. The Morgan fingerprint density at radius 2 is 1.81 bits per heavy atom. The summed E-state index contributed by atoms with van der Waals surface area (Å²) in [6.45, 7) is 3.58. The lowest BCUT2D eigenvalue weighted by molar-refractivity contribution is 0.102. The molecule has 0 aliphatic carbocycles. The summed E-state index contributed by atoms with van der Waals surface area (Å²) in [5, 5.41) is 3.45. The van der Waals surface area contributed by atoms with Crippen molar-refractivity contribution >= 4 is 22.9 Å². The molecule has 0 spiro atoms. The van der Waals surface area contributed by atoms with E-state index in [-0.39, 0.29) is 5.91 Å². The molecule has 0 radical (unpaired) electrons. The minimum absolute atomic E-state index is 0.314. The highest BCUT2D eigenvalue weighted by atomic mass is 32.1. The normalized spacial score (nSPS) is 10.6. The molecule has 2 aromatic carbocycles. The van der Waals surface area contributed by atoms with Crippen LogP contribution in [0.2, 0.25) is 0 Å². The molecule has 1 aromatic heterocycles. The number of hydrogen-bond acceptors (Lipinski definition) is 5. The number of ether oxygens (including phenoxy) is 2. The summed E-state index contributed by atoms with van der Waals surface area (Å²) >= 11 is 1.27. The van der Waals surface area contributed by atoms with Gasteiger partial charge in [-0.2, -0.15) is 0 Å². The topological polar surface area (TPSA) is 60.5 Å². The number of methoxy groups -OCH3 is 2. The molecule has 0 saturated heterocycles. The van der Waals surface area contributed by atoms with E-state index in [0.29, 0.717) is 32.8 Å². The van der Waals surface area contributed by atoms with Crippen molar-refractivity contribution in [2.24, 2.45) is 0 Å². The first-order valence-corrected chi connectivity index (χ1v) is 9.02. The van der Waals surface area contributed by atoms with Crippen molar-refractivity contribution in [3.63, 3.8) is 0 Å². The predicted molar refractivity (Wildman–Crippen MR) is 104 cm³/mol. The third-order valence-electron chi connectivity index (χ3n) is 4.08.